The molecule has 8 aliphatic carbocycles. The van der Waals surface area contributed by atoms with E-state index in [9.17, 15) is 0 Å². The summed E-state index contributed by atoms with van der Waals surface area (Å²) in [7, 11) is 0. The molecule has 40 heavy (non-hydrogen) atoms. The predicted molar refractivity (Wildman–Crippen MR) is 154 cm³/mol. The zero-order chi connectivity index (χ0) is 26.1. The Labute approximate surface area is 238 Å². The lowest BCUT2D eigenvalue weighted by atomic mass is 9.46. The average Bonchev–Trinajstić information content (AvgIpc) is 3.84. The van der Waals surface area contributed by atoms with Crippen LogP contribution >= 0.6 is 0 Å². The van der Waals surface area contributed by atoms with Crippen molar-refractivity contribution in [1.82, 2.24) is 0 Å². The summed E-state index contributed by atoms with van der Waals surface area (Å²) in [6, 6.07) is 9.71. The minimum Gasteiger partial charge on any atom is -0.491 e. The Balaban J connectivity index is 1.17. The zero-order valence-corrected chi connectivity index (χ0v) is 23.9. The summed E-state index contributed by atoms with van der Waals surface area (Å²) in [6.45, 7) is 3.02. The van der Waals surface area contributed by atoms with Crippen LogP contribution in [0.3, 0.4) is 0 Å². The third-order valence-corrected chi connectivity index (χ3v) is 12.9. The molecule has 4 nitrogen and oxygen atoms in total. The fourth-order valence-corrected chi connectivity index (χ4v) is 12.0. The number of ether oxygens (including phenoxy) is 4. The molecule has 212 valence electrons. The molecule has 2 saturated heterocycles. The summed E-state index contributed by atoms with van der Waals surface area (Å²) in [5.41, 5.74) is 3.89. The van der Waals surface area contributed by atoms with E-state index in [1.807, 2.05) is 0 Å². The second-order valence-electron chi connectivity index (χ2n) is 15.9. The summed E-state index contributed by atoms with van der Waals surface area (Å²) in [6.07, 6.45) is 17.7. The molecule has 8 bridgehead atoms. The van der Waals surface area contributed by atoms with Crippen molar-refractivity contribution in [2.24, 2.45) is 35.5 Å². The van der Waals surface area contributed by atoms with E-state index in [1.54, 1.807) is 11.1 Å². The van der Waals surface area contributed by atoms with E-state index < -0.39 is 0 Å². The Morgan fingerprint density at radius 2 is 1.05 bits per heavy atom. The van der Waals surface area contributed by atoms with Crippen molar-refractivity contribution in [2.75, 3.05) is 26.4 Å². The SMILES string of the molecule is c1cc2c(OCC3CO3)c(C34CC5CC(CC(C5)C3)C4)cc(C34CC5CC(CC(C5)C3)C4)c2cc1OCC1CO1. The molecule has 2 aromatic carbocycles. The van der Waals surface area contributed by atoms with E-state index in [1.165, 1.54) is 93.6 Å². The van der Waals surface area contributed by atoms with Crippen LogP contribution in [-0.2, 0) is 20.3 Å². The van der Waals surface area contributed by atoms with Gasteiger partial charge >= 0.3 is 0 Å². The molecule has 0 amide bonds. The van der Waals surface area contributed by atoms with Gasteiger partial charge in [0.25, 0.3) is 0 Å². The first-order chi connectivity index (χ1) is 19.6. The highest BCUT2D eigenvalue weighted by Crippen LogP contribution is 2.65. The maximum absolute atomic E-state index is 6.90. The van der Waals surface area contributed by atoms with Gasteiger partial charge in [0.2, 0.25) is 0 Å². The van der Waals surface area contributed by atoms with Crippen molar-refractivity contribution in [1.29, 1.82) is 0 Å². The van der Waals surface area contributed by atoms with Crippen LogP contribution in [0.15, 0.2) is 24.3 Å². The molecule has 2 aliphatic heterocycles. The molecule has 2 aromatic rings. The van der Waals surface area contributed by atoms with Crippen LogP contribution in [0.5, 0.6) is 11.5 Å². The summed E-state index contributed by atoms with van der Waals surface area (Å²) in [4.78, 5) is 0. The lowest BCUT2D eigenvalue weighted by Crippen LogP contribution is -2.50. The molecular formula is C36H44O4. The summed E-state index contributed by atoms with van der Waals surface area (Å²) >= 11 is 0. The van der Waals surface area contributed by atoms with Crippen molar-refractivity contribution in [3.63, 3.8) is 0 Å². The van der Waals surface area contributed by atoms with Gasteiger partial charge in [0, 0.05) is 10.9 Å². The number of hydrogen-bond acceptors (Lipinski definition) is 4. The molecule has 0 N–H and O–H groups in total. The second kappa shape index (κ2) is 8.40. The smallest absolute Gasteiger partial charge is 0.131 e. The topological polar surface area (TPSA) is 43.5 Å². The van der Waals surface area contributed by atoms with Crippen molar-refractivity contribution >= 4 is 10.8 Å². The van der Waals surface area contributed by atoms with Gasteiger partial charge in [-0.05, 0) is 153 Å². The first kappa shape index (κ1) is 23.7. The molecule has 8 saturated carbocycles. The van der Waals surface area contributed by atoms with E-state index in [4.69, 9.17) is 18.9 Å². The first-order valence-corrected chi connectivity index (χ1v) is 16.7. The number of benzene rings is 2. The summed E-state index contributed by atoms with van der Waals surface area (Å²) in [5.74, 6) is 7.74. The van der Waals surface area contributed by atoms with Crippen LogP contribution in [0.1, 0.15) is 88.2 Å². The van der Waals surface area contributed by atoms with E-state index in [0.29, 0.717) is 24.0 Å². The summed E-state index contributed by atoms with van der Waals surface area (Å²) in [5, 5.41) is 2.76. The van der Waals surface area contributed by atoms with Crippen LogP contribution in [0.4, 0.5) is 0 Å². The molecule has 0 spiro atoms. The van der Waals surface area contributed by atoms with Crippen LogP contribution in [0.25, 0.3) is 10.8 Å². The Kier molecular flexibility index (Phi) is 4.99. The van der Waals surface area contributed by atoms with Crippen molar-refractivity contribution < 1.29 is 18.9 Å². The quantitative estimate of drug-likeness (QED) is 0.329. The molecule has 4 heteroatoms. The lowest BCUT2D eigenvalue weighted by molar-refractivity contribution is -0.00871. The molecule has 10 fully saturated rings. The minimum atomic E-state index is 0.267. The largest absolute Gasteiger partial charge is 0.491 e. The van der Waals surface area contributed by atoms with Gasteiger partial charge in [0.05, 0.1) is 13.2 Å². The maximum atomic E-state index is 6.90. The summed E-state index contributed by atoms with van der Waals surface area (Å²) < 4.78 is 24.3. The number of fused-ring (bicyclic) bond motifs is 1. The third kappa shape index (κ3) is 3.77. The maximum Gasteiger partial charge on any atom is 0.131 e. The van der Waals surface area contributed by atoms with E-state index >= 15 is 0 Å². The molecule has 2 heterocycles. The van der Waals surface area contributed by atoms with Gasteiger partial charge in [-0.15, -0.1) is 0 Å². The Hall–Kier alpha value is -1.78. The van der Waals surface area contributed by atoms with E-state index in [-0.39, 0.29) is 12.2 Å². The zero-order valence-electron chi connectivity index (χ0n) is 23.9. The standard InChI is InChI=1S/C36H44O4/c1-2-30-31(9-27(1)37-17-28-18-38-28)32(35-11-21-3-22(12-35)5-23(4-21)13-35)10-33(34(30)40-20-29-19-39-29)36-14-24-6-25(15-36)8-26(7-24)16-36/h1-2,9-10,21-26,28-29H,3-8,11-20H2. The van der Waals surface area contributed by atoms with Crippen molar-refractivity contribution in [3.8, 4) is 11.5 Å². The van der Waals surface area contributed by atoms with Gasteiger partial charge in [0.1, 0.15) is 36.9 Å². The van der Waals surface area contributed by atoms with Crippen LogP contribution in [0.2, 0.25) is 0 Å². The molecule has 10 aliphatic rings. The highest BCUT2D eigenvalue weighted by molar-refractivity contribution is 5.95. The molecular weight excluding hydrogens is 496 g/mol. The third-order valence-electron chi connectivity index (χ3n) is 12.9. The average molecular weight is 541 g/mol. The molecule has 0 aromatic heterocycles. The predicted octanol–water partition coefficient (Wildman–Crippen LogP) is 7.33. The monoisotopic (exact) mass is 540 g/mol. The van der Waals surface area contributed by atoms with Gasteiger partial charge in [0.15, 0.2) is 0 Å². The minimum absolute atomic E-state index is 0.267. The van der Waals surface area contributed by atoms with Gasteiger partial charge in [-0.2, -0.15) is 0 Å². The lowest BCUT2D eigenvalue weighted by Gasteiger charge is -2.59. The fraction of sp³-hybridized carbons (Fsp3) is 0.722. The van der Waals surface area contributed by atoms with Crippen molar-refractivity contribution in [2.45, 2.75) is 100 Å². The highest BCUT2D eigenvalue weighted by atomic mass is 16.6. The normalized spacial score (nSPS) is 45.3. The highest BCUT2D eigenvalue weighted by Gasteiger charge is 2.55. The van der Waals surface area contributed by atoms with Gasteiger partial charge in [-0.1, -0.05) is 6.07 Å². The van der Waals surface area contributed by atoms with Gasteiger partial charge in [-0.25, -0.2) is 0 Å². The Morgan fingerprint density at radius 1 is 0.575 bits per heavy atom. The first-order valence-electron chi connectivity index (χ1n) is 16.7. The molecule has 2 atom stereocenters. The Morgan fingerprint density at radius 3 is 1.55 bits per heavy atom. The second-order valence-corrected chi connectivity index (χ2v) is 15.9. The molecule has 0 radical (unpaired) electrons. The van der Waals surface area contributed by atoms with Crippen LogP contribution < -0.4 is 9.47 Å². The number of epoxide rings is 2. The van der Waals surface area contributed by atoms with Crippen LogP contribution in [-0.4, -0.2) is 38.6 Å². The van der Waals surface area contributed by atoms with Crippen molar-refractivity contribution in [3.05, 3.63) is 35.4 Å². The van der Waals surface area contributed by atoms with Gasteiger partial charge < -0.3 is 18.9 Å². The molecule has 2 unspecified atom stereocenters. The number of rotatable bonds is 8. The fourth-order valence-electron chi connectivity index (χ4n) is 12.0. The van der Waals surface area contributed by atoms with E-state index in [2.05, 4.69) is 24.3 Å². The van der Waals surface area contributed by atoms with E-state index in [0.717, 1.165) is 54.5 Å². The van der Waals surface area contributed by atoms with Gasteiger partial charge in [-0.3, -0.25) is 0 Å². The Bertz CT molecular complexity index is 1280. The number of hydrogen-bond donors (Lipinski definition) is 0. The van der Waals surface area contributed by atoms with Crippen LogP contribution in [0, 0.1) is 35.5 Å². The molecule has 12 rings (SSSR count).